The van der Waals surface area contributed by atoms with Crippen molar-refractivity contribution >= 4 is 23.4 Å². The van der Waals surface area contributed by atoms with Gasteiger partial charge < -0.3 is 15.2 Å². The van der Waals surface area contributed by atoms with Gasteiger partial charge in [-0.25, -0.2) is 4.79 Å². The Hall–Kier alpha value is -2.24. The molecule has 0 bridgehead atoms. The van der Waals surface area contributed by atoms with Gasteiger partial charge in [-0.05, 0) is 19.1 Å². The molecule has 1 aromatic carbocycles. The van der Waals surface area contributed by atoms with Crippen molar-refractivity contribution in [2.75, 3.05) is 17.2 Å². The second-order valence-electron chi connectivity index (χ2n) is 3.23. The average molecular weight is 238 g/mol. The molecule has 0 aliphatic heterocycles. The molecule has 3 N–H and O–H groups in total. The molecule has 0 aliphatic rings. The van der Waals surface area contributed by atoms with Crippen molar-refractivity contribution in [3.05, 3.63) is 18.2 Å². The molecule has 0 saturated heterocycles. The zero-order chi connectivity index (χ0) is 12.8. The third-order valence-corrected chi connectivity index (χ3v) is 1.86. The molecule has 1 rings (SSSR count). The Morgan fingerprint density at radius 1 is 1.29 bits per heavy atom. The fourth-order valence-corrected chi connectivity index (χ4v) is 1.21. The van der Waals surface area contributed by atoms with E-state index in [-0.39, 0.29) is 29.6 Å². The first kappa shape index (κ1) is 12.8. The molecule has 0 fully saturated rings. The topological polar surface area (TPSA) is 87.7 Å². The highest BCUT2D eigenvalue weighted by Crippen LogP contribution is 2.31. The van der Waals surface area contributed by atoms with Crippen LogP contribution in [-0.2, 0) is 9.53 Å². The maximum absolute atomic E-state index is 11.2. The zero-order valence-corrected chi connectivity index (χ0v) is 9.61. The second-order valence-corrected chi connectivity index (χ2v) is 3.23. The van der Waals surface area contributed by atoms with E-state index in [1.165, 1.54) is 19.1 Å². The smallest absolute Gasteiger partial charge is 0.411 e. The van der Waals surface area contributed by atoms with Gasteiger partial charge in [0.05, 0.1) is 18.0 Å². The van der Waals surface area contributed by atoms with Gasteiger partial charge in [0.2, 0.25) is 5.91 Å². The third kappa shape index (κ3) is 3.67. The van der Waals surface area contributed by atoms with Crippen LogP contribution in [0.1, 0.15) is 13.8 Å². The number of benzene rings is 1. The summed E-state index contributed by atoms with van der Waals surface area (Å²) in [4.78, 5) is 22.0. The van der Waals surface area contributed by atoms with Crippen LogP contribution >= 0.6 is 0 Å². The standard InChI is InChI=1S/C11H14N2O4/c1-3-17-11(16)13-9-6-4-5-8(10(9)15)12-7(2)14/h4-6,15H,3H2,1-2H3,(H,12,14)(H,13,16). The molecular weight excluding hydrogens is 224 g/mol. The summed E-state index contributed by atoms with van der Waals surface area (Å²) in [7, 11) is 0. The number of nitrogens with one attached hydrogen (secondary N) is 2. The normalized spacial score (nSPS) is 9.53. The molecular formula is C11H14N2O4. The lowest BCUT2D eigenvalue weighted by atomic mass is 10.2. The summed E-state index contributed by atoms with van der Waals surface area (Å²) >= 11 is 0. The first-order chi connectivity index (χ1) is 8.04. The van der Waals surface area contributed by atoms with Crippen molar-refractivity contribution in [1.29, 1.82) is 0 Å². The third-order valence-electron chi connectivity index (χ3n) is 1.86. The van der Waals surface area contributed by atoms with E-state index < -0.39 is 6.09 Å². The van der Waals surface area contributed by atoms with Crippen LogP contribution in [0.2, 0.25) is 0 Å². The second kappa shape index (κ2) is 5.74. The fraction of sp³-hybridized carbons (Fsp3) is 0.273. The summed E-state index contributed by atoms with van der Waals surface area (Å²) in [6.07, 6.45) is -0.664. The van der Waals surface area contributed by atoms with Gasteiger partial charge in [-0.2, -0.15) is 0 Å². The molecule has 2 amide bonds. The quantitative estimate of drug-likeness (QED) is 0.702. The summed E-state index contributed by atoms with van der Waals surface area (Å²) in [5, 5.41) is 14.6. The van der Waals surface area contributed by atoms with Gasteiger partial charge in [0.15, 0.2) is 5.75 Å². The number of hydrogen-bond acceptors (Lipinski definition) is 4. The number of ether oxygens (including phenoxy) is 1. The molecule has 0 saturated carbocycles. The molecule has 0 aromatic heterocycles. The molecule has 0 spiro atoms. The van der Waals surface area contributed by atoms with Gasteiger partial charge in [0, 0.05) is 6.92 Å². The largest absolute Gasteiger partial charge is 0.504 e. The van der Waals surface area contributed by atoms with Crippen LogP contribution in [0, 0.1) is 0 Å². The van der Waals surface area contributed by atoms with Crippen LogP contribution in [0.5, 0.6) is 5.75 Å². The number of anilines is 2. The number of para-hydroxylation sites is 1. The summed E-state index contributed by atoms with van der Waals surface area (Å²) in [5.74, 6) is -0.524. The van der Waals surface area contributed by atoms with Crippen LogP contribution < -0.4 is 10.6 Å². The van der Waals surface area contributed by atoms with Crippen LogP contribution in [0.25, 0.3) is 0 Å². The van der Waals surface area contributed by atoms with Gasteiger partial charge in [0.25, 0.3) is 0 Å². The maximum Gasteiger partial charge on any atom is 0.411 e. The lowest BCUT2D eigenvalue weighted by Gasteiger charge is -2.10. The highest BCUT2D eigenvalue weighted by molar-refractivity contribution is 5.94. The summed E-state index contributed by atoms with van der Waals surface area (Å²) in [6, 6.07) is 4.61. The van der Waals surface area contributed by atoms with Crippen molar-refractivity contribution in [3.63, 3.8) is 0 Å². The summed E-state index contributed by atoms with van der Waals surface area (Å²) in [6.45, 7) is 3.23. The van der Waals surface area contributed by atoms with Crippen molar-refractivity contribution in [2.45, 2.75) is 13.8 Å². The minimum atomic E-state index is -0.664. The molecule has 0 aliphatic carbocycles. The summed E-state index contributed by atoms with van der Waals surface area (Å²) in [5.41, 5.74) is 0.404. The van der Waals surface area contributed by atoms with Crippen LogP contribution in [-0.4, -0.2) is 23.7 Å². The Labute approximate surface area is 98.6 Å². The molecule has 0 heterocycles. The molecule has 0 atom stereocenters. The van der Waals surface area contributed by atoms with Crippen LogP contribution in [0.4, 0.5) is 16.2 Å². The van der Waals surface area contributed by atoms with E-state index >= 15 is 0 Å². The predicted molar refractivity (Wildman–Crippen MR) is 63.1 cm³/mol. The lowest BCUT2D eigenvalue weighted by Crippen LogP contribution is -2.14. The average Bonchev–Trinajstić information content (AvgIpc) is 2.23. The Morgan fingerprint density at radius 2 is 1.88 bits per heavy atom. The van der Waals surface area contributed by atoms with E-state index in [1.807, 2.05) is 0 Å². The van der Waals surface area contributed by atoms with Crippen molar-refractivity contribution < 1.29 is 19.4 Å². The van der Waals surface area contributed by atoms with E-state index in [2.05, 4.69) is 15.4 Å². The Morgan fingerprint density at radius 3 is 2.41 bits per heavy atom. The van der Waals surface area contributed by atoms with E-state index in [9.17, 15) is 14.7 Å². The summed E-state index contributed by atoms with van der Waals surface area (Å²) < 4.78 is 4.67. The molecule has 6 heteroatoms. The van der Waals surface area contributed by atoms with Gasteiger partial charge in [-0.1, -0.05) is 6.07 Å². The highest BCUT2D eigenvalue weighted by Gasteiger charge is 2.10. The predicted octanol–water partition coefficient (Wildman–Crippen LogP) is 1.92. The van der Waals surface area contributed by atoms with E-state index in [0.29, 0.717) is 0 Å². The monoisotopic (exact) mass is 238 g/mol. The van der Waals surface area contributed by atoms with Crippen molar-refractivity contribution in [1.82, 2.24) is 0 Å². The number of aromatic hydroxyl groups is 1. The number of phenolic OH excluding ortho intramolecular Hbond substituents is 1. The van der Waals surface area contributed by atoms with Crippen LogP contribution in [0.3, 0.4) is 0 Å². The molecule has 6 nitrogen and oxygen atoms in total. The Balaban J connectivity index is 2.86. The molecule has 0 unspecified atom stereocenters. The number of hydrogen-bond donors (Lipinski definition) is 3. The van der Waals surface area contributed by atoms with Crippen molar-refractivity contribution in [2.24, 2.45) is 0 Å². The zero-order valence-electron chi connectivity index (χ0n) is 9.61. The number of amides is 2. The number of carbonyl (C=O) groups is 2. The molecule has 0 radical (unpaired) electrons. The number of phenols is 1. The Bertz CT molecular complexity index is 431. The number of rotatable bonds is 3. The lowest BCUT2D eigenvalue weighted by molar-refractivity contribution is -0.114. The molecule has 17 heavy (non-hydrogen) atoms. The first-order valence-corrected chi connectivity index (χ1v) is 5.08. The minimum Gasteiger partial charge on any atom is -0.504 e. The van der Waals surface area contributed by atoms with E-state index in [4.69, 9.17) is 0 Å². The SMILES string of the molecule is CCOC(=O)Nc1cccc(NC(C)=O)c1O. The van der Waals surface area contributed by atoms with E-state index in [0.717, 1.165) is 0 Å². The van der Waals surface area contributed by atoms with Gasteiger partial charge in [-0.3, -0.25) is 10.1 Å². The van der Waals surface area contributed by atoms with Gasteiger partial charge in [0.1, 0.15) is 0 Å². The van der Waals surface area contributed by atoms with E-state index in [1.54, 1.807) is 13.0 Å². The van der Waals surface area contributed by atoms with Gasteiger partial charge >= 0.3 is 6.09 Å². The highest BCUT2D eigenvalue weighted by atomic mass is 16.5. The molecule has 92 valence electrons. The number of carbonyl (C=O) groups excluding carboxylic acids is 2. The van der Waals surface area contributed by atoms with Crippen molar-refractivity contribution in [3.8, 4) is 5.75 Å². The minimum absolute atomic E-state index is 0.176. The van der Waals surface area contributed by atoms with Gasteiger partial charge in [-0.15, -0.1) is 0 Å². The maximum atomic E-state index is 11.2. The first-order valence-electron chi connectivity index (χ1n) is 5.08. The Kier molecular flexibility index (Phi) is 4.33. The van der Waals surface area contributed by atoms with Crippen LogP contribution in [0.15, 0.2) is 18.2 Å². The molecule has 1 aromatic rings. The fourth-order valence-electron chi connectivity index (χ4n) is 1.21.